The van der Waals surface area contributed by atoms with Gasteiger partial charge >= 0.3 is 0 Å². The number of aryl methyl sites for hydroxylation is 1. The Morgan fingerprint density at radius 3 is 2.62 bits per heavy atom. The molecule has 5 heteroatoms. The molecule has 1 aromatic rings. The average Bonchev–Trinajstić information content (AvgIpc) is 2.91. The SMILES string of the molecule is Cc1cc(F)cc(N2CCC[C@]3(CCN([C@H]4CC[C@H](O)CC4)C3=O)C2)c1. The Labute approximate surface area is 155 Å². The zero-order valence-electron chi connectivity index (χ0n) is 15.6. The zero-order chi connectivity index (χ0) is 18.3. The van der Waals surface area contributed by atoms with E-state index in [-0.39, 0.29) is 29.3 Å². The number of nitrogens with zero attached hydrogens (tertiary/aromatic N) is 2. The number of aliphatic hydroxyl groups excluding tert-OH is 1. The van der Waals surface area contributed by atoms with Crippen molar-refractivity contribution in [1.82, 2.24) is 4.90 Å². The first-order chi connectivity index (χ1) is 12.5. The van der Waals surface area contributed by atoms with Crippen LogP contribution in [0.25, 0.3) is 0 Å². The second-order valence-electron chi connectivity index (χ2n) is 8.50. The smallest absolute Gasteiger partial charge is 0.230 e. The Bertz CT molecular complexity index is 666. The summed E-state index contributed by atoms with van der Waals surface area (Å²) in [7, 11) is 0. The van der Waals surface area contributed by atoms with E-state index >= 15 is 0 Å². The van der Waals surface area contributed by atoms with Gasteiger partial charge in [-0.25, -0.2) is 4.39 Å². The fourth-order valence-electron chi connectivity index (χ4n) is 5.20. The van der Waals surface area contributed by atoms with Gasteiger partial charge in [-0.15, -0.1) is 0 Å². The number of piperidine rings is 1. The van der Waals surface area contributed by atoms with E-state index in [0.29, 0.717) is 6.54 Å². The molecule has 2 aliphatic heterocycles. The first-order valence-electron chi connectivity index (χ1n) is 9.98. The number of aliphatic hydroxyl groups is 1. The molecule has 4 nitrogen and oxygen atoms in total. The zero-order valence-corrected chi connectivity index (χ0v) is 15.6. The summed E-state index contributed by atoms with van der Waals surface area (Å²) < 4.78 is 13.8. The summed E-state index contributed by atoms with van der Waals surface area (Å²) in [6.07, 6.45) is 6.04. The van der Waals surface area contributed by atoms with E-state index in [1.807, 2.05) is 13.0 Å². The molecule has 26 heavy (non-hydrogen) atoms. The van der Waals surface area contributed by atoms with Crippen LogP contribution in [0.5, 0.6) is 0 Å². The Balaban J connectivity index is 1.50. The molecule has 2 saturated heterocycles. The molecule has 3 aliphatic rings. The molecule has 1 amide bonds. The third-order valence-corrected chi connectivity index (χ3v) is 6.62. The molecule has 1 aromatic carbocycles. The molecule has 1 atom stereocenters. The lowest BCUT2D eigenvalue weighted by Gasteiger charge is -2.41. The van der Waals surface area contributed by atoms with Crippen LogP contribution < -0.4 is 4.90 Å². The maximum absolute atomic E-state index is 13.8. The van der Waals surface area contributed by atoms with Gasteiger partial charge in [-0.2, -0.15) is 0 Å². The minimum absolute atomic E-state index is 0.195. The van der Waals surface area contributed by atoms with Crippen molar-refractivity contribution in [2.75, 3.05) is 24.5 Å². The number of benzene rings is 1. The van der Waals surface area contributed by atoms with Crippen LogP contribution >= 0.6 is 0 Å². The van der Waals surface area contributed by atoms with Gasteiger partial charge in [-0.05, 0) is 75.6 Å². The van der Waals surface area contributed by atoms with Crippen molar-refractivity contribution in [2.45, 2.75) is 64.0 Å². The summed E-state index contributed by atoms with van der Waals surface area (Å²) in [5.74, 6) is 0.0801. The van der Waals surface area contributed by atoms with E-state index in [1.165, 1.54) is 0 Å². The van der Waals surface area contributed by atoms with Gasteiger partial charge in [-0.3, -0.25) is 4.79 Å². The van der Waals surface area contributed by atoms with E-state index < -0.39 is 0 Å². The number of hydrogen-bond acceptors (Lipinski definition) is 3. The molecular formula is C21H29FN2O2. The summed E-state index contributed by atoms with van der Waals surface area (Å²) in [4.78, 5) is 17.6. The van der Waals surface area contributed by atoms with Gasteiger partial charge in [-0.1, -0.05) is 0 Å². The van der Waals surface area contributed by atoms with Crippen LogP contribution in [0.2, 0.25) is 0 Å². The number of hydrogen-bond donors (Lipinski definition) is 1. The maximum atomic E-state index is 13.8. The fourth-order valence-corrected chi connectivity index (χ4v) is 5.20. The van der Waals surface area contributed by atoms with Gasteiger partial charge in [0.15, 0.2) is 0 Å². The molecule has 0 aromatic heterocycles. The highest BCUT2D eigenvalue weighted by Gasteiger charge is 2.50. The Morgan fingerprint density at radius 1 is 1.12 bits per heavy atom. The minimum Gasteiger partial charge on any atom is -0.393 e. The molecule has 4 rings (SSSR count). The molecule has 1 aliphatic carbocycles. The maximum Gasteiger partial charge on any atom is 0.230 e. The lowest BCUT2D eigenvalue weighted by Crippen LogP contribution is -2.50. The molecule has 1 spiro atoms. The summed E-state index contributed by atoms with van der Waals surface area (Å²) in [5, 5.41) is 9.74. The van der Waals surface area contributed by atoms with E-state index in [9.17, 15) is 14.3 Å². The highest BCUT2D eigenvalue weighted by atomic mass is 19.1. The van der Waals surface area contributed by atoms with Crippen molar-refractivity contribution in [3.8, 4) is 0 Å². The molecule has 142 valence electrons. The quantitative estimate of drug-likeness (QED) is 0.880. The molecule has 3 fully saturated rings. The summed E-state index contributed by atoms with van der Waals surface area (Å²) in [6, 6.07) is 5.44. The Morgan fingerprint density at radius 2 is 1.88 bits per heavy atom. The van der Waals surface area contributed by atoms with Crippen LogP contribution in [0.4, 0.5) is 10.1 Å². The number of amides is 1. The van der Waals surface area contributed by atoms with Crippen LogP contribution in [0, 0.1) is 18.2 Å². The number of anilines is 1. The Hall–Kier alpha value is -1.62. The van der Waals surface area contributed by atoms with E-state index in [2.05, 4.69) is 9.80 Å². The normalized spacial score (nSPS) is 32.5. The van der Waals surface area contributed by atoms with Gasteiger partial charge < -0.3 is 14.9 Å². The molecule has 1 N–H and O–H groups in total. The van der Waals surface area contributed by atoms with Crippen molar-refractivity contribution in [3.63, 3.8) is 0 Å². The van der Waals surface area contributed by atoms with Crippen molar-refractivity contribution >= 4 is 11.6 Å². The third-order valence-electron chi connectivity index (χ3n) is 6.62. The second kappa shape index (κ2) is 6.84. The van der Waals surface area contributed by atoms with E-state index in [4.69, 9.17) is 0 Å². The van der Waals surface area contributed by atoms with Crippen molar-refractivity contribution in [1.29, 1.82) is 0 Å². The molecular weight excluding hydrogens is 331 g/mol. The van der Waals surface area contributed by atoms with Gasteiger partial charge in [0.2, 0.25) is 5.91 Å². The molecule has 1 saturated carbocycles. The first-order valence-corrected chi connectivity index (χ1v) is 9.98. The van der Waals surface area contributed by atoms with Crippen molar-refractivity contribution < 1.29 is 14.3 Å². The monoisotopic (exact) mass is 360 g/mol. The molecule has 0 bridgehead atoms. The van der Waals surface area contributed by atoms with Crippen molar-refractivity contribution in [3.05, 3.63) is 29.6 Å². The van der Waals surface area contributed by atoms with Crippen LogP contribution in [0.3, 0.4) is 0 Å². The highest BCUT2D eigenvalue weighted by Crippen LogP contribution is 2.43. The number of likely N-dealkylation sites (tertiary alicyclic amines) is 1. The van der Waals surface area contributed by atoms with Crippen LogP contribution in [0.1, 0.15) is 50.5 Å². The summed E-state index contributed by atoms with van der Waals surface area (Å²) in [5.41, 5.74) is 1.50. The van der Waals surface area contributed by atoms with Gasteiger partial charge in [0.1, 0.15) is 5.82 Å². The number of carbonyl (C=O) groups is 1. The standard InChI is InChI=1S/C21H29FN2O2/c1-15-11-16(22)13-18(12-15)23-9-2-7-21(14-23)8-10-24(20(21)26)17-3-5-19(25)6-4-17/h11-13,17,19,25H,2-10,14H2,1H3/t17-,19-,21-/m0/s1. The van der Waals surface area contributed by atoms with Crippen LogP contribution in [0.15, 0.2) is 18.2 Å². The lowest BCUT2D eigenvalue weighted by atomic mass is 9.78. The topological polar surface area (TPSA) is 43.8 Å². The van der Waals surface area contributed by atoms with Gasteiger partial charge in [0.05, 0.1) is 11.5 Å². The highest BCUT2D eigenvalue weighted by molar-refractivity contribution is 5.86. The van der Waals surface area contributed by atoms with Gasteiger partial charge in [0, 0.05) is 31.4 Å². The number of carbonyl (C=O) groups excluding carboxylic acids is 1. The van der Waals surface area contributed by atoms with E-state index in [1.54, 1.807) is 12.1 Å². The predicted octanol–water partition coefficient (Wildman–Crippen LogP) is 3.26. The summed E-state index contributed by atoms with van der Waals surface area (Å²) in [6.45, 7) is 4.32. The van der Waals surface area contributed by atoms with Crippen LogP contribution in [-0.2, 0) is 4.79 Å². The largest absolute Gasteiger partial charge is 0.393 e. The Kier molecular flexibility index (Phi) is 4.68. The third kappa shape index (κ3) is 3.22. The molecule has 0 radical (unpaired) electrons. The molecule has 2 heterocycles. The average molecular weight is 360 g/mol. The summed E-state index contributed by atoms with van der Waals surface area (Å²) >= 11 is 0. The second-order valence-corrected chi connectivity index (χ2v) is 8.50. The number of rotatable bonds is 2. The minimum atomic E-state index is -0.311. The fraction of sp³-hybridized carbons (Fsp3) is 0.667. The molecule has 0 unspecified atom stereocenters. The first kappa shape index (κ1) is 17.8. The number of halogens is 1. The lowest BCUT2D eigenvalue weighted by molar-refractivity contribution is -0.139. The van der Waals surface area contributed by atoms with Crippen LogP contribution in [-0.4, -0.2) is 47.7 Å². The van der Waals surface area contributed by atoms with Gasteiger partial charge in [0.25, 0.3) is 0 Å². The van der Waals surface area contributed by atoms with E-state index in [0.717, 1.165) is 69.3 Å². The predicted molar refractivity (Wildman–Crippen MR) is 99.6 cm³/mol. The van der Waals surface area contributed by atoms with Crippen molar-refractivity contribution in [2.24, 2.45) is 5.41 Å².